The summed E-state index contributed by atoms with van der Waals surface area (Å²) in [6.45, 7) is 4.59. The van der Waals surface area contributed by atoms with Crippen LogP contribution in [0.3, 0.4) is 0 Å². The summed E-state index contributed by atoms with van der Waals surface area (Å²) in [5, 5.41) is 3.01. The van der Waals surface area contributed by atoms with Gasteiger partial charge < -0.3 is 0 Å². The van der Waals surface area contributed by atoms with Gasteiger partial charge in [-0.2, -0.15) is 0 Å². The van der Waals surface area contributed by atoms with E-state index in [1.807, 2.05) is 35.7 Å². The standard InChI is InChI=1S/C15H20N2O2S2/c1-12(2)14-10-20-15(17-14)8-9-16-21(18,19)11-13-6-4-3-5-7-13/h3-7,10,12,16H,8-9,11H2,1-2H3. The number of aromatic nitrogens is 1. The lowest BCUT2D eigenvalue weighted by Crippen LogP contribution is -2.27. The van der Waals surface area contributed by atoms with Gasteiger partial charge in [-0.15, -0.1) is 11.3 Å². The average molecular weight is 324 g/mol. The van der Waals surface area contributed by atoms with Crippen LogP contribution in [0.15, 0.2) is 35.7 Å². The molecule has 0 saturated heterocycles. The number of sulfonamides is 1. The highest BCUT2D eigenvalue weighted by molar-refractivity contribution is 7.88. The lowest BCUT2D eigenvalue weighted by Gasteiger charge is -2.05. The van der Waals surface area contributed by atoms with E-state index < -0.39 is 10.0 Å². The van der Waals surface area contributed by atoms with Gasteiger partial charge in [0.2, 0.25) is 10.0 Å². The second kappa shape index (κ2) is 7.15. The molecule has 0 radical (unpaired) electrons. The lowest BCUT2D eigenvalue weighted by atomic mass is 10.2. The maximum Gasteiger partial charge on any atom is 0.215 e. The zero-order chi connectivity index (χ0) is 15.3. The van der Waals surface area contributed by atoms with Crippen LogP contribution in [0.1, 0.15) is 36.0 Å². The Kier molecular flexibility index (Phi) is 5.50. The zero-order valence-corrected chi connectivity index (χ0v) is 13.9. The summed E-state index contributed by atoms with van der Waals surface area (Å²) in [5.74, 6) is 0.424. The molecule has 0 aliphatic rings. The SMILES string of the molecule is CC(C)c1csc(CCNS(=O)(=O)Cc2ccccc2)n1. The highest BCUT2D eigenvalue weighted by Gasteiger charge is 2.11. The number of nitrogens with one attached hydrogen (secondary N) is 1. The van der Waals surface area contributed by atoms with Crippen molar-refractivity contribution in [2.75, 3.05) is 6.54 Å². The first-order valence-corrected chi connectivity index (χ1v) is 9.45. The first-order valence-electron chi connectivity index (χ1n) is 6.92. The molecule has 4 nitrogen and oxygen atoms in total. The van der Waals surface area contributed by atoms with E-state index in [4.69, 9.17) is 0 Å². The van der Waals surface area contributed by atoms with Crippen molar-refractivity contribution in [2.45, 2.75) is 31.9 Å². The molecule has 0 fully saturated rings. The molecule has 0 aliphatic heterocycles. The summed E-state index contributed by atoms with van der Waals surface area (Å²) in [5.41, 5.74) is 1.86. The molecule has 0 aliphatic carbocycles. The molecule has 114 valence electrons. The van der Waals surface area contributed by atoms with Crippen LogP contribution in [0, 0.1) is 0 Å². The highest BCUT2D eigenvalue weighted by Crippen LogP contribution is 2.17. The molecule has 2 rings (SSSR count). The van der Waals surface area contributed by atoms with E-state index in [2.05, 4.69) is 23.6 Å². The molecule has 0 amide bonds. The van der Waals surface area contributed by atoms with Crippen molar-refractivity contribution >= 4 is 21.4 Å². The largest absolute Gasteiger partial charge is 0.246 e. The Labute approximate surface area is 130 Å². The Morgan fingerprint density at radius 3 is 2.57 bits per heavy atom. The van der Waals surface area contributed by atoms with Crippen molar-refractivity contribution in [2.24, 2.45) is 0 Å². The van der Waals surface area contributed by atoms with Crippen molar-refractivity contribution in [1.82, 2.24) is 9.71 Å². The third kappa shape index (κ3) is 5.22. The van der Waals surface area contributed by atoms with Crippen molar-refractivity contribution in [1.29, 1.82) is 0 Å². The van der Waals surface area contributed by atoms with E-state index in [0.717, 1.165) is 16.3 Å². The van der Waals surface area contributed by atoms with Crippen LogP contribution in [0.25, 0.3) is 0 Å². The van der Waals surface area contributed by atoms with Crippen molar-refractivity contribution in [3.05, 3.63) is 52.0 Å². The molecule has 2 aromatic rings. The molecule has 0 atom stereocenters. The molecular weight excluding hydrogens is 304 g/mol. The maximum atomic E-state index is 12.0. The van der Waals surface area contributed by atoms with Crippen LogP contribution in [0.2, 0.25) is 0 Å². The highest BCUT2D eigenvalue weighted by atomic mass is 32.2. The Bertz CT molecular complexity index is 664. The van der Waals surface area contributed by atoms with Gasteiger partial charge in [0.05, 0.1) is 16.5 Å². The first-order chi connectivity index (χ1) is 9.96. The van der Waals surface area contributed by atoms with Crippen LogP contribution in [-0.4, -0.2) is 19.9 Å². The minimum Gasteiger partial charge on any atom is -0.246 e. The molecule has 1 aromatic heterocycles. The predicted octanol–water partition coefficient (Wildman–Crippen LogP) is 2.93. The quantitative estimate of drug-likeness (QED) is 0.852. The number of hydrogen-bond acceptors (Lipinski definition) is 4. The number of thiazole rings is 1. The average Bonchev–Trinajstić information content (AvgIpc) is 2.88. The Morgan fingerprint density at radius 1 is 1.24 bits per heavy atom. The minimum atomic E-state index is -3.29. The molecule has 0 bridgehead atoms. The fraction of sp³-hybridized carbons (Fsp3) is 0.400. The zero-order valence-electron chi connectivity index (χ0n) is 12.2. The van der Waals surface area contributed by atoms with Gasteiger partial charge in [0, 0.05) is 18.3 Å². The lowest BCUT2D eigenvalue weighted by molar-refractivity contribution is 0.580. The third-order valence-electron chi connectivity index (χ3n) is 3.02. The molecule has 6 heteroatoms. The van der Waals surface area contributed by atoms with E-state index in [-0.39, 0.29) is 5.75 Å². The third-order valence-corrected chi connectivity index (χ3v) is 5.31. The van der Waals surface area contributed by atoms with Gasteiger partial charge in [-0.1, -0.05) is 44.2 Å². The number of rotatable bonds is 7. The minimum absolute atomic E-state index is 0.0168. The van der Waals surface area contributed by atoms with Crippen LogP contribution >= 0.6 is 11.3 Å². The van der Waals surface area contributed by atoms with Crippen LogP contribution in [0.5, 0.6) is 0 Å². The number of nitrogens with zero attached hydrogens (tertiary/aromatic N) is 1. The van der Waals surface area contributed by atoms with Crippen LogP contribution < -0.4 is 4.72 Å². The molecule has 0 saturated carbocycles. The first kappa shape index (κ1) is 16.1. The topological polar surface area (TPSA) is 59.1 Å². The molecular formula is C15H20N2O2S2. The molecule has 21 heavy (non-hydrogen) atoms. The summed E-state index contributed by atoms with van der Waals surface area (Å²) in [7, 11) is -3.29. The number of hydrogen-bond donors (Lipinski definition) is 1. The second-order valence-electron chi connectivity index (χ2n) is 5.21. The van der Waals surface area contributed by atoms with Gasteiger partial charge in [-0.25, -0.2) is 18.1 Å². The van der Waals surface area contributed by atoms with Gasteiger partial charge in [0.1, 0.15) is 0 Å². The summed E-state index contributed by atoms with van der Waals surface area (Å²) in [6, 6.07) is 9.18. The fourth-order valence-corrected chi connectivity index (χ4v) is 3.97. The van der Waals surface area contributed by atoms with Crippen molar-refractivity contribution in [3.8, 4) is 0 Å². The summed E-state index contributed by atoms with van der Waals surface area (Å²) < 4.78 is 26.6. The van der Waals surface area contributed by atoms with Crippen molar-refractivity contribution in [3.63, 3.8) is 0 Å². The Hall–Kier alpha value is -1.24. The van der Waals surface area contributed by atoms with Crippen molar-refractivity contribution < 1.29 is 8.42 Å². The van der Waals surface area contributed by atoms with E-state index in [9.17, 15) is 8.42 Å². The summed E-state index contributed by atoms with van der Waals surface area (Å²) in [4.78, 5) is 4.50. The molecule has 0 spiro atoms. The number of benzene rings is 1. The smallest absolute Gasteiger partial charge is 0.215 e. The van der Waals surface area contributed by atoms with Gasteiger partial charge in [-0.05, 0) is 11.5 Å². The monoisotopic (exact) mass is 324 g/mol. The van der Waals surface area contributed by atoms with E-state index in [1.54, 1.807) is 11.3 Å². The molecule has 1 N–H and O–H groups in total. The fourth-order valence-electron chi connectivity index (χ4n) is 1.86. The van der Waals surface area contributed by atoms with E-state index in [0.29, 0.717) is 18.9 Å². The summed E-state index contributed by atoms with van der Waals surface area (Å²) in [6.07, 6.45) is 0.630. The molecule has 1 heterocycles. The van der Waals surface area contributed by atoms with Gasteiger partial charge in [0.25, 0.3) is 0 Å². The van der Waals surface area contributed by atoms with Crippen LogP contribution in [-0.2, 0) is 22.2 Å². The van der Waals surface area contributed by atoms with Gasteiger partial charge in [-0.3, -0.25) is 0 Å². The molecule has 0 unspecified atom stereocenters. The van der Waals surface area contributed by atoms with E-state index >= 15 is 0 Å². The van der Waals surface area contributed by atoms with Gasteiger partial charge >= 0.3 is 0 Å². The normalized spacial score (nSPS) is 12.0. The van der Waals surface area contributed by atoms with Gasteiger partial charge in [0.15, 0.2) is 0 Å². The maximum absolute atomic E-state index is 12.0. The second-order valence-corrected chi connectivity index (χ2v) is 7.96. The van der Waals surface area contributed by atoms with E-state index in [1.165, 1.54) is 0 Å². The molecule has 1 aromatic carbocycles. The Balaban J connectivity index is 1.84. The predicted molar refractivity (Wildman–Crippen MR) is 87.0 cm³/mol. The summed E-state index contributed by atoms with van der Waals surface area (Å²) >= 11 is 1.59. The Morgan fingerprint density at radius 2 is 1.95 bits per heavy atom. The van der Waals surface area contributed by atoms with Crippen LogP contribution in [0.4, 0.5) is 0 Å².